The van der Waals surface area contributed by atoms with Gasteiger partial charge >= 0.3 is 0 Å². The molecule has 0 radical (unpaired) electrons. The first-order valence-corrected chi connectivity index (χ1v) is 6.57. The number of imidazole rings is 1. The molecule has 0 aliphatic carbocycles. The second-order valence-corrected chi connectivity index (χ2v) is 4.67. The van der Waals surface area contributed by atoms with Crippen LogP contribution in [0.3, 0.4) is 0 Å². The van der Waals surface area contributed by atoms with Crippen LogP contribution in [-0.2, 0) is 13.6 Å². The first kappa shape index (κ1) is 13.4. The van der Waals surface area contributed by atoms with E-state index in [1.807, 2.05) is 36.4 Å². The van der Waals surface area contributed by atoms with Crippen LogP contribution in [0.25, 0.3) is 0 Å². The molecular formula is C14H21N5. The fourth-order valence-electron chi connectivity index (χ4n) is 1.85. The van der Waals surface area contributed by atoms with Crippen molar-refractivity contribution < 1.29 is 0 Å². The molecule has 1 N–H and O–H groups in total. The standard InChI is InChI=1S/C14H21N5/c1-4-5-16-12-8-13(10-15-9-12)19(3)11-14-17-6-7-18(14)2/h6-10,16H,4-5,11H2,1-3H3. The third-order valence-electron chi connectivity index (χ3n) is 3.04. The van der Waals surface area contributed by atoms with Crippen molar-refractivity contribution in [2.45, 2.75) is 19.9 Å². The van der Waals surface area contributed by atoms with Crippen LogP contribution >= 0.6 is 0 Å². The van der Waals surface area contributed by atoms with Gasteiger partial charge in [-0.25, -0.2) is 4.98 Å². The van der Waals surface area contributed by atoms with E-state index >= 15 is 0 Å². The summed E-state index contributed by atoms with van der Waals surface area (Å²) in [5.74, 6) is 1.04. The SMILES string of the molecule is CCCNc1cncc(N(C)Cc2nccn2C)c1. The molecule has 5 heteroatoms. The Labute approximate surface area is 114 Å². The Morgan fingerprint density at radius 3 is 2.89 bits per heavy atom. The molecule has 0 spiro atoms. The molecule has 0 aromatic carbocycles. The quantitative estimate of drug-likeness (QED) is 0.864. The number of nitrogens with one attached hydrogen (secondary N) is 1. The average molecular weight is 259 g/mol. The molecule has 0 aliphatic rings. The van der Waals surface area contributed by atoms with Crippen LogP contribution in [0, 0.1) is 0 Å². The summed E-state index contributed by atoms with van der Waals surface area (Å²) in [6.07, 6.45) is 8.61. The minimum atomic E-state index is 0.766. The summed E-state index contributed by atoms with van der Waals surface area (Å²) >= 11 is 0. The van der Waals surface area contributed by atoms with E-state index in [2.05, 4.69) is 40.2 Å². The van der Waals surface area contributed by atoms with Gasteiger partial charge in [-0.1, -0.05) is 6.92 Å². The van der Waals surface area contributed by atoms with Gasteiger partial charge in [-0.2, -0.15) is 0 Å². The molecule has 2 heterocycles. The van der Waals surface area contributed by atoms with Gasteiger partial charge in [0.15, 0.2) is 0 Å². The van der Waals surface area contributed by atoms with E-state index in [1.165, 1.54) is 0 Å². The molecule has 2 aromatic rings. The predicted octanol–water partition coefficient (Wildman–Crippen LogP) is 2.27. The number of nitrogens with zero attached hydrogens (tertiary/aromatic N) is 4. The lowest BCUT2D eigenvalue weighted by Crippen LogP contribution is -2.19. The monoisotopic (exact) mass is 259 g/mol. The Kier molecular flexibility index (Phi) is 4.39. The van der Waals surface area contributed by atoms with Gasteiger partial charge in [0.2, 0.25) is 0 Å². The number of aromatic nitrogens is 3. The first-order chi connectivity index (χ1) is 9.20. The van der Waals surface area contributed by atoms with Crippen LogP contribution in [0.1, 0.15) is 19.2 Å². The predicted molar refractivity (Wildman–Crippen MR) is 78.3 cm³/mol. The topological polar surface area (TPSA) is 46.0 Å². The van der Waals surface area contributed by atoms with E-state index in [0.29, 0.717) is 0 Å². The summed E-state index contributed by atoms with van der Waals surface area (Å²) in [7, 11) is 4.06. The zero-order valence-electron chi connectivity index (χ0n) is 11.8. The third kappa shape index (κ3) is 3.47. The highest BCUT2D eigenvalue weighted by atomic mass is 15.2. The Morgan fingerprint density at radius 1 is 1.37 bits per heavy atom. The summed E-state index contributed by atoms with van der Waals surface area (Å²) in [6, 6.07) is 2.12. The smallest absolute Gasteiger partial charge is 0.127 e. The lowest BCUT2D eigenvalue weighted by atomic mass is 10.3. The Morgan fingerprint density at radius 2 is 2.21 bits per heavy atom. The lowest BCUT2D eigenvalue weighted by Gasteiger charge is -2.19. The van der Waals surface area contributed by atoms with Gasteiger partial charge in [0, 0.05) is 33.0 Å². The second-order valence-electron chi connectivity index (χ2n) is 4.67. The van der Waals surface area contributed by atoms with Crippen LogP contribution in [0.5, 0.6) is 0 Å². The van der Waals surface area contributed by atoms with E-state index in [9.17, 15) is 0 Å². The molecule has 102 valence electrons. The molecule has 0 saturated heterocycles. The Balaban J connectivity index is 2.06. The fourth-order valence-corrected chi connectivity index (χ4v) is 1.85. The largest absolute Gasteiger partial charge is 0.384 e. The summed E-state index contributed by atoms with van der Waals surface area (Å²) < 4.78 is 2.03. The van der Waals surface area contributed by atoms with Gasteiger partial charge in [0.05, 0.1) is 30.3 Å². The number of pyridine rings is 1. The highest BCUT2D eigenvalue weighted by Crippen LogP contribution is 2.18. The van der Waals surface area contributed by atoms with Gasteiger partial charge in [0.25, 0.3) is 0 Å². The van der Waals surface area contributed by atoms with Crippen LogP contribution in [0.15, 0.2) is 30.9 Å². The Bertz CT molecular complexity index is 520. The zero-order chi connectivity index (χ0) is 13.7. The number of hydrogen-bond acceptors (Lipinski definition) is 4. The van der Waals surface area contributed by atoms with E-state index < -0.39 is 0 Å². The summed E-state index contributed by atoms with van der Waals surface area (Å²) in [5.41, 5.74) is 2.15. The van der Waals surface area contributed by atoms with E-state index in [-0.39, 0.29) is 0 Å². The second kappa shape index (κ2) is 6.22. The van der Waals surface area contributed by atoms with Crippen molar-refractivity contribution in [1.29, 1.82) is 0 Å². The van der Waals surface area contributed by atoms with Crippen molar-refractivity contribution in [2.24, 2.45) is 7.05 Å². The number of aryl methyl sites for hydroxylation is 1. The van der Waals surface area contributed by atoms with E-state index in [0.717, 1.165) is 36.7 Å². The van der Waals surface area contributed by atoms with Crippen LogP contribution in [0.2, 0.25) is 0 Å². The summed E-state index contributed by atoms with van der Waals surface area (Å²) in [4.78, 5) is 10.8. The number of hydrogen-bond donors (Lipinski definition) is 1. The van der Waals surface area contributed by atoms with Crippen molar-refractivity contribution in [3.63, 3.8) is 0 Å². The molecule has 2 rings (SSSR count). The van der Waals surface area contributed by atoms with Crippen molar-refractivity contribution in [3.05, 3.63) is 36.7 Å². The van der Waals surface area contributed by atoms with Gasteiger partial charge in [0.1, 0.15) is 5.82 Å². The molecule has 0 aliphatic heterocycles. The fraction of sp³-hybridized carbons (Fsp3) is 0.429. The lowest BCUT2D eigenvalue weighted by molar-refractivity contribution is 0.761. The highest BCUT2D eigenvalue weighted by molar-refractivity contribution is 5.55. The third-order valence-corrected chi connectivity index (χ3v) is 3.04. The summed E-state index contributed by atoms with van der Waals surface area (Å²) in [5, 5.41) is 3.35. The molecule has 0 amide bonds. The minimum absolute atomic E-state index is 0.766. The average Bonchev–Trinajstić information content (AvgIpc) is 2.82. The molecule has 19 heavy (non-hydrogen) atoms. The molecule has 0 fully saturated rings. The normalized spacial score (nSPS) is 10.5. The Hall–Kier alpha value is -2.04. The maximum Gasteiger partial charge on any atom is 0.127 e. The van der Waals surface area contributed by atoms with Crippen molar-refractivity contribution >= 4 is 11.4 Å². The van der Waals surface area contributed by atoms with Gasteiger partial charge in [-0.15, -0.1) is 0 Å². The van der Waals surface area contributed by atoms with E-state index in [1.54, 1.807) is 0 Å². The van der Waals surface area contributed by atoms with Crippen LogP contribution < -0.4 is 10.2 Å². The van der Waals surface area contributed by atoms with Crippen molar-refractivity contribution in [3.8, 4) is 0 Å². The molecule has 0 saturated carbocycles. The summed E-state index contributed by atoms with van der Waals surface area (Å²) in [6.45, 7) is 3.88. The highest BCUT2D eigenvalue weighted by Gasteiger charge is 2.06. The van der Waals surface area contributed by atoms with Gasteiger partial charge in [-0.05, 0) is 12.5 Å². The number of rotatable bonds is 6. The van der Waals surface area contributed by atoms with Gasteiger partial charge in [-0.3, -0.25) is 4.98 Å². The van der Waals surface area contributed by atoms with Crippen molar-refractivity contribution in [1.82, 2.24) is 14.5 Å². The first-order valence-electron chi connectivity index (χ1n) is 6.57. The maximum atomic E-state index is 4.34. The molecule has 0 atom stereocenters. The zero-order valence-corrected chi connectivity index (χ0v) is 11.8. The molecule has 0 bridgehead atoms. The minimum Gasteiger partial charge on any atom is -0.384 e. The van der Waals surface area contributed by atoms with Crippen molar-refractivity contribution in [2.75, 3.05) is 23.8 Å². The molecule has 2 aromatic heterocycles. The number of anilines is 2. The molecule has 5 nitrogen and oxygen atoms in total. The van der Waals surface area contributed by atoms with Crippen LogP contribution in [0.4, 0.5) is 11.4 Å². The van der Waals surface area contributed by atoms with Gasteiger partial charge < -0.3 is 14.8 Å². The maximum absolute atomic E-state index is 4.34. The van der Waals surface area contributed by atoms with Crippen LogP contribution in [-0.4, -0.2) is 28.1 Å². The molecular weight excluding hydrogens is 238 g/mol. The van der Waals surface area contributed by atoms with E-state index in [4.69, 9.17) is 0 Å². The molecule has 0 unspecified atom stereocenters.